The van der Waals surface area contributed by atoms with Gasteiger partial charge in [0, 0.05) is 18.7 Å². The lowest BCUT2D eigenvalue weighted by Crippen LogP contribution is -2.45. The molecule has 1 fully saturated rings. The number of ether oxygens (including phenoxy) is 1. The molecule has 2 aromatic carbocycles. The molecule has 1 atom stereocenters. The Bertz CT molecular complexity index is 975. The molecule has 1 aliphatic rings. The molecule has 1 heterocycles. The van der Waals surface area contributed by atoms with Gasteiger partial charge in [-0.25, -0.2) is 4.99 Å². The van der Waals surface area contributed by atoms with Gasteiger partial charge >= 0.3 is 0 Å². The van der Waals surface area contributed by atoms with Crippen molar-refractivity contribution in [3.05, 3.63) is 54.1 Å². The summed E-state index contributed by atoms with van der Waals surface area (Å²) in [5.74, 6) is 0.513. The minimum atomic E-state index is -0.522. The van der Waals surface area contributed by atoms with Crippen LogP contribution >= 0.6 is 11.8 Å². The van der Waals surface area contributed by atoms with Crippen LogP contribution in [0.3, 0.4) is 0 Å². The van der Waals surface area contributed by atoms with Crippen LogP contribution in [0.15, 0.2) is 53.5 Å². The number of hydrogen-bond donors (Lipinski definition) is 1. The van der Waals surface area contributed by atoms with Crippen LogP contribution in [0, 0.1) is 6.92 Å². The fourth-order valence-electron chi connectivity index (χ4n) is 3.65. The van der Waals surface area contributed by atoms with Gasteiger partial charge < -0.3 is 10.1 Å². The largest absolute Gasteiger partial charge is 0.497 e. The number of carbonyl (C=O) groups excluding carboxylic acids is 2. The van der Waals surface area contributed by atoms with E-state index in [4.69, 9.17) is 9.73 Å². The third kappa shape index (κ3) is 7.35. The lowest BCUT2D eigenvalue weighted by Gasteiger charge is -2.32. The number of aliphatic imine (C=N–C) groups is 1. The number of anilines is 1. The maximum absolute atomic E-state index is 13.1. The lowest BCUT2D eigenvalue weighted by atomic mass is 10.1. The molecule has 7 heteroatoms. The third-order valence-electron chi connectivity index (χ3n) is 5.50. The Morgan fingerprint density at radius 3 is 2.61 bits per heavy atom. The second-order valence-electron chi connectivity index (χ2n) is 8.22. The summed E-state index contributed by atoms with van der Waals surface area (Å²) in [5, 5.41) is 3.01. The number of nitrogens with zero attached hydrogens (tertiary/aromatic N) is 2. The highest BCUT2D eigenvalue weighted by Crippen LogP contribution is 2.31. The number of hydrogen-bond acceptors (Lipinski definition) is 5. The molecule has 0 spiro atoms. The van der Waals surface area contributed by atoms with Crippen molar-refractivity contribution in [1.82, 2.24) is 4.90 Å². The fourth-order valence-corrected chi connectivity index (χ4v) is 4.77. The van der Waals surface area contributed by atoms with Gasteiger partial charge in [-0.3, -0.25) is 14.5 Å². The predicted octanol–water partition coefficient (Wildman–Crippen LogP) is 5.93. The first kappa shape index (κ1) is 24.8. The van der Waals surface area contributed by atoms with Crippen molar-refractivity contribution in [3.8, 4) is 5.75 Å². The highest BCUT2D eigenvalue weighted by atomic mass is 32.2. The highest BCUT2D eigenvalue weighted by molar-refractivity contribution is 8.15. The second-order valence-corrected chi connectivity index (χ2v) is 9.39. The molecule has 0 aliphatic carbocycles. The van der Waals surface area contributed by atoms with Crippen LogP contribution in [0.5, 0.6) is 5.75 Å². The number of amidine groups is 1. The molecule has 1 saturated heterocycles. The van der Waals surface area contributed by atoms with Crippen LogP contribution in [0.2, 0.25) is 0 Å². The summed E-state index contributed by atoms with van der Waals surface area (Å²) >= 11 is 1.36. The van der Waals surface area contributed by atoms with E-state index in [0.29, 0.717) is 11.7 Å². The first-order valence-electron chi connectivity index (χ1n) is 11.6. The zero-order chi connectivity index (χ0) is 23.6. The molecule has 1 unspecified atom stereocenters. The van der Waals surface area contributed by atoms with Gasteiger partial charge in [0.1, 0.15) is 11.0 Å². The van der Waals surface area contributed by atoms with Gasteiger partial charge in [-0.15, -0.1) is 0 Å². The van der Waals surface area contributed by atoms with Gasteiger partial charge in [-0.1, -0.05) is 56.5 Å². The number of amides is 2. The zero-order valence-electron chi connectivity index (χ0n) is 19.7. The minimum absolute atomic E-state index is 0.0547. The third-order valence-corrected chi connectivity index (χ3v) is 6.69. The predicted molar refractivity (Wildman–Crippen MR) is 136 cm³/mol. The molecule has 0 bridgehead atoms. The van der Waals surface area contributed by atoms with Crippen molar-refractivity contribution in [2.45, 2.75) is 57.6 Å². The van der Waals surface area contributed by atoms with Crippen LogP contribution in [-0.4, -0.2) is 40.8 Å². The number of nitrogens with one attached hydrogen (secondary N) is 1. The van der Waals surface area contributed by atoms with Gasteiger partial charge in [0.2, 0.25) is 11.8 Å². The molecule has 0 radical (unpaired) electrons. The Morgan fingerprint density at radius 2 is 1.91 bits per heavy atom. The lowest BCUT2D eigenvalue weighted by molar-refractivity contribution is -0.129. The van der Waals surface area contributed by atoms with Crippen molar-refractivity contribution < 1.29 is 14.3 Å². The summed E-state index contributed by atoms with van der Waals surface area (Å²) in [7, 11) is 1.62. The van der Waals surface area contributed by atoms with Gasteiger partial charge in [0.25, 0.3) is 0 Å². The topological polar surface area (TPSA) is 71.0 Å². The summed E-state index contributed by atoms with van der Waals surface area (Å²) in [6.45, 7) is 4.79. The normalized spacial score (nSPS) is 17.3. The van der Waals surface area contributed by atoms with Crippen LogP contribution < -0.4 is 10.1 Å². The van der Waals surface area contributed by atoms with Crippen LogP contribution in [0.1, 0.15) is 51.0 Å². The maximum Gasteiger partial charge on any atom is 0.238 e. The van der Waals surface area contributed by atoms with Crippen LogP contribution in [0.25, 0.3) is 0 Å². The number of aryl methyl sites for hydroxylation is 1. The van der Waals surface area contributed by atoms with Crippen LogP contribution in [-0.2, 0) is 9.59 Å². The van der Waals surface area contributed by atoms with Gasteiger partial charge in [-0.2, -0.15) is 0 Å². The molecular formula is C26H33N3O3S. The number of benzene rings is 2. The highest BCUT2D eigenvalue weighted by Gasteiger charge is 2.35. The van der Waals surface area contributed by atoms with E-state index in [9.17, 15) is 9.59 Å². The van der Waals surface area contributed by atoms with Crippen molar-refractivity contribution in [3.63, 3.8) is 0 Å². The van der Waals surface area contributed by atoms with Gasteiger partial charge in [-0.05, 0) is 55.3 Å². The molecule has 1 aliphatic heterocycles. The molecule has 2 aromatic rings. The zero-order valence-corrected chi connectivity index (χ0v) is 20.5. The molecule has 2 amide bonds. The number of rotatable bonds is 10. The van der Waals surface area contributed by atoms with Crippen LogP contribution in [0.4, 0.5) is 11.4 Å². The molecule has 6 nitrogen and oxygen atoms in total. The molecule has 0 saturated carbocycles. The maximum atomic E-state index is 13.1. The Kier molecular flexibility index (Phi) is 9.36. The van der Waals surface area contributed by atoms with E-state index in [1.807, 2.05) is 55.5 Å². The van der Waals surface area contributed by atoms with E-state index in [1.165, 1.54) is 24.6 Å². The first-order chi connectivity index (χ1) is 16.0. The Morgan fingerprint density at radius 1 is 1.15 bits per heavy atom. The van der Waals surface area contributed by atoms with E-state index in [0.717, 1.165) is 42.0 Å². The fraction of sp³-hybridized carbons (Fsp3) is 0.423. The quantitative estimate of drug-likeness (QED) is 0.439. The number of carbonyl (C=O) groups is 2. The minimum Gasteiger partial charge on any atom is -0.497 e. The number of unbranched alkanes of at least 4 members (excludes halogenated alkanes) is 4. The molecular weight excluding hydrogens is 434 g/mol. The summed E-state index contributed by atoms with van der Waals surface area (Å²) in [4.78, 5) is 32.5. The molecule has 3 rings (SSSR count). The van der Waals surface area contributed by atoms with Crippen molar-refractivity contribution in [2.75, 3.05) is 19.0 Å². The number of thioether (sulfide) groups is 1. The number of methoxy groups -OCH3 is 1. The van der Waals surface area contributed by atoms with E-state index < -0.39 is 5.25 Å². The van der Waals surface area contributed by atoms with Crippen molar-refractivity contribution >= 4 is 40.1 Å². The smallest absolute Gasteiger partial charge is 0.238 e. The van der Waals surface area contributed by atoms with E-state index >= 15 is 0 Å². The summed E-state index contributed by atoms with van der Waals surface area (Å²) in [6.07, 6.45) is 5.72. The summed E-state index contributed by atoms with van der Waals surface area (Å²) in [5.41, 5.74) is 2.53. The average molecular weight is 468 g/mol. The Hall–Kier alpha value is -2.80. The van der Waals surface area contributed by atoms with Crippen molar-refractivity contribution in [2.24, 2.45) is 4.99 Å². The summed E-state index contributed by atoms with van der Waals surface area (Å²) in [6, 6.07) is 15.0. The standard InChI is InChI=1S/C26H33N3O3S/c1-4-5-6-7-8-16-29-24(30)18-23(25(31)27-21-11-9-10-19(2)17-21)33-26(29)28-20-12-14-22(32-3)15-13-20/h9-15,17,23H,4-8,16,18H2,1-3H3,(H,27,31). The average Bonchev–Trinajstić information content (AvgIpc) is 2.80. The van der Waals surface area contributed by atoms with Crippen molar-refractivity contribution in [1.29, 1.82) is 0 Å². The van der Waals surface area contributed by atoms with Gasteiger partial charge in [0.05, 0.1) is 12.8 Å². The second kappa shape index (κ2) is 12.4. The summed E-state index contributed by atoms with van der Waals surface area (Å²) < 4.78 is 5.22. The van der Waals surface area contributed by atoms with Gasteiger partial charge in [0.15, 0.2) is 5.17 Å². The van der Waals surface area contributed by atoms with E-state index in [1.54, 1.807) is 12.0 Å². The Labute approximate surface area is 200 Å². The van der Waals surface area contributed by atoms with E-state index in [2.05, 4.69) is 12.2 Å². The molecule has 176 valence electrons. The van der Waals surface area contributed by atoms with E-state index in [-0.39, 0.29) is 18.2 Å². The SMILES string of the molecule is CCCCCCCN1C(=O)CC(C(=O)Nc2cccc(C)c2)SC1=Nc1ccc(OC)cc1. The molecule has 0 aromatic heterocycles. The molecule has 1 N–H and O–H groups in total. The first-order valence-corrected chi connectivity index (χ1v) is 12.5. The Balaban J connectivity index is 1.76. The monoisotopic (exact) mass is 467 g/mol. The molecule has 33 heavy (non-hydrogen) atoms.